The lowest BCUT2D eigenvalue weighted by Gasteiger charge is -2.29. The van der Waals surface area contributed by atoms with Crippen LogP contribution in [0.25, 0.3) is 0 Å². The minimum absolute atomic E-state index is 0.114. The highest BCUT2D eigenvalue weighted by atomic mass is 32.1. The molecule has 3 nitrogen and oxygen atoms in total. The van der Waals surface area contributed by atoms with Crippen molar-refractivity contribution in [2.45, 2.75) is 40.5 Å². The second kappa shape index (κ2) is 6.15. The maximum absolute atomic E-state index is 12.5. The van der Waals surface area contributed by atoms with Gasteiger partial charge in [-0.15, -0.1) is 0 Å². The molecule has 19 heavy (non-hydrogen) atoms. The fourth-order valence-electron chi connectivity index (χ4n) is 2.23. The lowest BCUT2D eigenvalue weighted by Crippen LogP contribution is -2.45. The Morgan fingerprint density at radius 2 is 1.89 bits per heavy atom. The van der Waals surface area contributed by atoms with Crippen LogP contribution < -0.4 is 11.1 Å². The zero-order valence-corrected chi connectivity index (χ0v) is 12.9. The predicted molar refractivity (Wildman–Crippen MR) is 84.3 cm³/mol. The maximum Gasteiger partial charge on any atom is 0.237 e. The number of hydrogen-bond acceptors (Lipinski definition) is 2. The highest BCUT2D eigenvalue weighted by Crippen LogP contribution is 2.29. The van der Waals surface area contributed by atoms with E-state index in [-0.39, 0.29) is 10.9 Å². The Bertz CT molecular complexity index is 493. The van der Waals surface area contributed by atoms with Crippen LogP contribution in [-0.2, 0) is 4.79 Å². The number of aryl methyl sites for hydroxylation is 2. The van der Waals surface area contributed by atoms with E-state index in [9.17, 15) is 4.79 Å². The lowest BCUT2D eigenvalue weighted by molar-refractivity contribution is -0.122. The molecule has 1 aromatic carbocycles. The van der Waals surface area contributed by atoms with E-state index in [1.807, 2.05) is 45.9 Å². The van der Waals surface area contributed by atoms with Crippen molar-refractivity contribution in [3.05, 3.63) is 29.3 Å². The Balaban J connectivity index is 3.03. The Hall–Kier alpha value is -1.42. The first-order valence-corrected chi connectivity index (χ1v) is 6.96. The van der Waals surface area contributed by atoms with Gasteiger partial charge in [0.15, 0.2) is 0 Å². The molecular formula is C15H22N2OS. The van der Waals surface area contributed by atoms with Crippen molar-refractivity contribution in [1.29, 1.82) is 0 Å². The predicted octanol–water partition coefficient (Wildman–Crippen LogP) is 3.33. The number of hydrogen-bond donors (Lipinski definition) is 2. The summed E-state index contributed by atoms with van der Waals surface area (Å²) in [5, 5.41) is 2.96. The van der Waals surface area contributed by atoms with Gasteiger partial charge in [0.2, 0.25) is 5.91 Å². The first kappa shape index (κ1) is 15.6. The number of rotatable bonds is 5. The molecule has 0 fully saturated rings. The molecule has 0 heterocycles. The molecule has 1 aromatic rings. The van der Waals surface area contributed by atoms with E-state index in [2.05, 4.69) is 5.32 Å². The van der Waals surface area contributed by atoms with E-state index in [4.69, 9.17) is 18.0 Å². The third-order valence-corrected chi connectivity index (χ3v) is 4.13. The number of anilines is 1. The van der Waals surface area contributed by atoms with Crippen molar-refractivity contribution in [2.75, 3.05) is 5.32 Å². The fourth-order valence-corrected chi connectivity index (χ4v) is 2.61. The van der Waals surface area contributed by atoms with Crippen molar-refractivity contribution in [3.8, 4) is 0 Å². The van der Waals surface area contributed by atoms with Gasteiger partial charge < -0.3 is 11.1 Å². The molecule has 0 atom stereocenters. The molecule has 104 valence electrons. The van der Waals surface area contributed by atoms with Gasteiger partial charge in [-0.3, -0.25) is 4.79 Å². The summed E-state index contributed by atoms with van der Waals surface area (Å²) in [6, 6.07) is 5.93. The Kier molecular flexibility index (Phi) is 5.06. The molecule has 0 aliphatic heterocycles. The van der Waals surface area contributed by atoms with Gasteiger partial charge in [0.05, 0.1) is 10.4 Å². The average molecular weight is 278 g/mol. The molecule has 4 heteroatoms. The molecule has 1 amide bonds. The molecule has 0 aromatic heterocycles. The number of thiocarbonyl (C=S) groups is 1. The summed E-state index contributed by atoms with van der Waals surface area (Å²) in [6.07, 6.45) is 1.21. The van der Waals surface area contributed by atoms with E-state index < -0.39 is 5.41 Å². The molecule has 0 aliphatic carbocycles. The largest absolute Gasteiger partial charge is 0.392 e. The molecule has 1 rings (SSSR count). The first-order chi connectivity index (χ1) is 8.87. The summed E-state index contributed by atoms with van der Waals surface area (Å²) in [7, 11) is 0. The molecular weight excluding hydrogens is 256 g/mol. The van der Waals surface area contributed by atoms with Crippen molar-refractivity contribution in [1.82, 2.24) is 0 Å². The van der Waals surface area contributed by atoms with E-state index in [0.29, 0.717) is 12.8 Å². The second-order valence-corrected chi connectivity index (χ2v) is 5.37. The van der Waals surface area contributed by atoms with Gasteiger partial charge in [-0.1, -0.05) is 43.8 Å². The van der Waals surface area contributed by atoms with Crippen molar-refractivity contribution in [2.24, 2.45) is 11.1 Å². The van der Waals surface area contributed by atoms with Crippen LogP contribution in [0.5, 0.6) is 0 Å². The SMILES string of the molecule is CCC(CC)(C(=O)Nc1ccc(C)cc1C)C(N)=S. The Morgan fingerprint density at radius 1 is 1.32 bits per heavy atom. The summed E-state index contributed by atoms with van der Waals surface area (Å²) in [4.78, 5) is 12.8. The molecule has 0 saturated carbocycles. The van der Waals surface area contributed by atoms with Crippen LogP contribution in [-0.4, -0.2) is 10.9 Å². The lowest BCUT2D eigenvalue weighted by atomic mass is 9.81. The van der Waals surface area contributed by atoms with Crippen LogP contribution in [0.4, 0.5) is 5.69 Å². The molecule has 0 aliphatic rings. The summed E-state index contributed by atoms with van der Waals surface area (Å²) >= 11 is 5.09. The summed E-state index contributed by atoms with van der Waals surface area (Å²) in [5.41, 5.74) is 8.05. The third-order valence-electron chi connectivity index (χ3n) is 3.74. The molecule has 0 radical (unpaired) electrons. The Labute approximate surface area is 120 Å². The molecule has 0 unspecified atom stereocenters. The van der Waals surface area contributed by atoms with Crippen molar-refractivity contribution < 1.29 is 4.79 Å². The molecule has 0 bridgehead atoms. The normalized spacial score (nSPS) is 11.2. The third kappa shape index (κ3) is 3.13. The smallest absolute Gasteiger partial charge is 0.237 e. The van der Waals surface area contributed by atoms with Gasteiger partial charge in [0.1, 0.15) is 0 Å². The number of carbonyl (C=O) groups is 1. The maximum atomic E-state index is 12.5. The minimum Gasteiger partial charge on any atom is -0.392 e. The zero-order chi connectivity index (χ0) is 14.6. The van der Waals surface area contributed by atoms with Gasteiger partial charge in [-0.05, 0) is 38.3 Å². The van der Waals surface area contributed by atoms with E-state index in [1.54, 1.807) is 0 Å². The van der Waals surface area contributed by atoms with Gasteiger partial charge in [0.25, 0.3) is 0 Å². The van der Waals surface area contributed by atoms with E-state index >= 15 is 0 Å². The number of nitrogens with one attached hydrogen (secondary N) is 1. The fraction of sp³-hybridized carbons (Fsp3) is 0.467. The quantitative estimate of drug-likeness (QED) is 0.812. The van der Waals surface area contributed by atoms with Gasteiger partial charge >= 0.3 is 0 Å². The van der Waals surface area contributed by atoms with Gasteiger partial charge in [-0.25, -0.2) is 0 Å². The number of amides is 1. The first-order valence-electron chi connectivity index (χ1n) is 6.56. The minimum atomic E-state index is -0.757. The second-order valence-electron chi connectivity index (χ2n) is 4.93. The highest BCUT2D eigenvalue weighted by molar-refractivity contribution is 7.80. The zero-order valence-electron chi connectivity index (χ0n) is 12.0. The van der Waals surface area contributed by atoms with Gasteiger partial charge in [-0.2, -0.15) is 0 Å². The van der Waals surface area contributed by atoms with Crippen LogP contribution >= 0.6 is 12.2 Å². The number of nitrogens with two attached hydrogens (primary N) is 1. The van der Waals surface area contributed by atoms with Crippen molar-refractivity contribution in [3.63, 3.8) is 0 Å². The van der Waals surface area contributed by atoms with Crippen LogP contribution in [0.15, 0.2) is 18.2 Å². The monoisotopic (exact) mass is 278 g/mol. The Morgan fingerprint density at radius 3 is 2.32 bits per heavy atom. The van der Waals surface area contributed by atoms with Crippen molar-refractivity contribution >= 4 is 28.8 Å². The topological polar surface area (TPSA) is 55.1 Å². The molecule has 0 saturated heterocycles. The van der Waals surface area contributed by atoms with Crippen LogP contribution in [0.1, 0.15) is 37.8 Å². The van der Waals surface area contributed by atoms with E-state index in [1.165, 1.54) is 5.56 Å². The standard InChI is InChI=1S/C15H22N2OS/c1-5-15(6-2,13(16)19)14(18)17-12-8-7-10(3)9-11(12)4/h7-9H,5-6H2,1-4H3,(H2,16,19)(H,17,18). The number of carbonyl (C=O) groups excluding carboxylic acids is 1. The number of benzene rings is 1. The molecule has 0 spiro atoms. The summed E-state index contributed by atoms with van der Waals surface area (Å²) < 4.78 is 0. The van der Waals surface area contributed by atoms with E-state index in [0.717, 1.165) is 11.3 Å². The van der Waals surface area contributed by atoms with Crippen LogP contribution in [0.2, 0.25) is 0 Å². The highest BCUT2D eigenvalue weighted by Gasteiger charge is 2.38. The van der Waals surface area contributed by atoms with Gasteiger partial charge in [0, 0.05) is 5.69 Å². The average Bonchev–Trinajstić information content (AvgIpc) is 2.34. The van der Waals surface area contributed by atoms with Crippen LogP contribution in [0.3, 0.4) is 0 Å². The molecule has 3 N–H and O–H groups in total. The van der Waals surface area contributed by atoms with Crippen LogP contribution in [0, 0.1) is 19.3 Å². The summed E-state index contributed by atoms with van der Waals surface area (Å²) in [6.45, 7) is 7.87. The summed E-state index contributed by atoms with van der Waals surface area (Å²) in [5.74, 6) is -0.114.